The van der Waals surface area contributed by atoms with E-state index in [-0.39, 0.29) is 62.2 Å². The van der Waals surface area contributed by atoms with Crippen LogP contribution in [-0.4, -0.2) is 16.3 Å². The first-order chi connectivity index (χ1) is 51.1. The van der Waals surface area contributed by atoms with E-state index in [1.807, 2.05) is 6.07 Å². The summed E-state index contributed by atoms with van der Waals surface area (Å²) in [5.41, 5.74) is 27.6. The van der Waals surface area contributed by atoms with Crippen LogP contribution in [0.2, 0.25) is 0 Å². The standard InChI is InChI=1S/C99H103BN4/c1-93(2,3)68-43-48-82-78(53-68)79-54-69(94(4,5)6)44-49-83(79)102(82)73-45-47-81-85(61-73)104(91-74(63-36-28-23-29-37-63)55-70(95(7,8)9)56-75(91)64-38-30-24-31-39-64)87-60-72(97(13,14)15)59-86-90(87)100(81)80-46-42-66(62-34-26-22-27-35-62)50-84(80)103(86)92-76(65-40-32-25-33-41-65)57-71(96(10,11)12)58-77(92)67-51-88(98(16,17)18)101-89(52-67)99(19,20)21/h22-61H,1-21H3/i22D,26D,27D,34D,35D. The highest BCUT2D eigenvalue weighted by Gasteiger charge is 2.47. The van der Waals surface area contributed by atoms with E-state index in [1.165, 1.54) is 27.5 Å². The second-order valence-corrected chi connectivity index (χ2v) is 36.7. The Morgan fingerprint density at radius 3 is 1.07 bits per heavy atom. The Labute approximate surface area is 628 Å². The van der Waals surface area contributed by atoms with Crippen molar-refractivity contribution in [2.45, 2.75) is 183 Å². The van der Waals surface area contributed by atoms with Crippen LogP contribution < -0.4 is 26.2 Å². The molecule has 0 unspecified atom stereocenters. The van der Waals surface area contributed by atoms with Crippen molar-refractivity contribution >= 4 is 79.0 Å². The summed E-state index contributed by atoms with van der Waals surface area (Å²) in [5.74, 6) is 0. The number of nitrogens with zero attached hydrogens (tertiary/aromatic N) is 4. The lowest BCUT2D eigenvalue weighted by Gasteiger charge is -2.47. The molecule has 15 rings (SSSR count). The van der Waals surface area contributed by atoms with Gasteiger partial charge in [0.05, 0.1) is 29.3 Å². The fraction of sp³-hybridized carbons (Fsp3) is 0.283. The first kappa shape index (κ1) is 63.7. The number of anilines is 6. The first-order valence-electron chi connectivity index (χ1n) is 39.9. The normalized spacial score (nSPS) is 14.2. The minimum Gasteiger partial charge on any atom is -0.310 e. The Hall–Kier alpha value is -9.97. The zero-order valence-electron chi connectivity index (χ0n) is 70.1. The van der Waals surface area contributed by atoms with Crippen molar-refractivity contribution in [3.05, 3.63) is 282 Å². The summed E-state index contributed by atoms with van der Waals surface area (Å²) in [4.78, 5) is 10.7. The van der Waals surface area contributed by atoms with Crippen molar-refractivity contribution < 1.29 is 6.85 Å². The molecular formula is C99H103BN4. The molecule has 0 saturated heterocycles. The molecule has 0 radical (unpaired) electrons. The van der Waals surface area contributed by atoms with Gasteiger partial charge in [0.1, 0.15) is 0 Å². The van der Waals surface area contributed by atoms with Gasteiger partial charge in [-0.1, -0.05) is 297 Å². The molecule has 0 spiro atoms. The lowest BCUT2D eigenvalue weighted by molar-refractivity contribution is 0.531. The summed E-state index contributed by atoms with van der Waals surface area (Å²) in [5, 5.41) is 2.42. The van der Waals surface area contributed by atoms with Gasteiger partial charge in [-0.15, -0.1) is 0 Å². The third kappa shape index (κ3) is 12.4. The Bertz CT molecular complexity index is 5650. The van der Waals surface area contributed by atoms with Gasteiger partial charge in [0, 0.05) is 83.7 Å². The summed E-state index contributed by atoms with van der Waals surface area (Å²) in [6.45, 7) is 47.8. The number of fused-ring (bicyclic) bond motifs is 7. The maximum absolute atomic E-state index is 9.73. The summed E-state index contributed by atoms with van der Waals surface area (Å²) in [6, 6.07) is 78.3. The Morgan fingerprint density at radius 1 is 0.298 bits per heavy atom. The first-order valence-corrected chi connectivity index (χ1v) is 37.4. The second kappa shape index (κ2) is 24.9. The zero-order chi connectivity index (χ0) is 78.0. The maximum atomic E-state index is 9.73. The average molecular weight is 1360 g/mol. The number of rotatable bonds is 8. The molecule has 0 bridgehead atoms. The molecule has 0 aliphatic carbocycles. The van der Waals surface area contributed by atoms with E-state index in [0.29, 0.717) is 5.56 Å². The number of hydrogen-bond acceptors (Lipinski definition) is 3. The summed E-state index contributed by atoms with van der Waals surface area (Å²) < 4.78 is 49.3. The van der Waals surface area contributed by atoms with Gasteiger partial charge >= 0.3 is 0 Å². The van der Waals surface area contributed by atoms with Crippen molar-refractivity contribution in [3.8, 4) is 61.3 Å². The minimum absolute atomic E-state index is 0.101. The third-order valence-electron chi connectivity index (χ3n) is 21.8. The molecule has 0 amide bonds. The van der Waals surface area contributed by atoms with Crippen molar-refractivity contribution in [2.75, 3.05) is 9.80 Å². The van der Waals surface area contributed by atoms with Crippen molar-refractivity contribution in [3.63, 3.8) is 0 Å². The predicted octanol–water partition coefficient (Wildman–Crippen LogP) is 25.7. The zero-order valence-corrected chi connectivity index (χ0v) is 65.1. The van der Waals surface area contributed by atoms with E-state index in [0.717, 1.165) is 134 Å². The summed E-state index contributed by atoms with van der Waals surface area (Å²) in [6.07, 6.45) is 0. The molecule has 11 aromatic carbocycles. The van der Waals surface area contributed by atoms with Crippen LogP contribution in [0.15, 0.2) is 243 Å². The number of pyridine rings is 1. The van der Waals surface area contributed by atoms with E-state index < -0.39 is 18.2 Å². The molecule has 2 aliphatic rings. The second-order valence-electron chi connectivity index (χ2n) is 36.7. The molecule has 4 heterocycles. The van der Waals surface area contributed by atoms with Gasteiger partial charge < -0.3 is 14.4 Å². The molecule has 4 nitrogen and oxygen atoms in total. The molecule has 0 N–H and O–H groups in total. The van der Waals surface area contributed by atoms with Crippen LogP contribution in [0.25, 0.3) is 83.1 Å². The van der Waals surface area contributed by atoms with E-state index >= 15 is 0 Å². The van der Waals surface area contributed by atoms with Crippen LogP contribution in [0.5, 0.6) is 0 Å². The fourth-order valence-corrected chi connectivity index (χ4v) is 15.6. The van der Waals surface area contributed by atoms with Crippen LogP contribution in [0.1, 0.15) is 191 Å². The van der Waals surface area contributed by atoms with Crippen molar-refractivity contribution in [1.29, 1.82) is 0 Å². The number of benzene rings is 11. The summed E-state index contributed by atoms with van der Waals surface area (Å²) >= 11 is 0. The molecule has 2 aromatic heterocycles. The lowest BCUT2D eigenvalue weighted by Crippen LogP contribution is -2.61. The largest absolute Gasteiger partial charge is 0.310 e. The smallest absolute Gasteiger partial charge is 0.252 e. The fourth-order valence-electron chi connectivity index (χ4n) is 15.6. The number of aromatic nitrogens is 2. The van der Waals surface area contributed by atoms with Gasteiger partial charge in [-0.05, 0) is 196 Å². The van der Waals surface area contributed by atoms with Crippen LogP contribution in [0.4, 0.5) is 34.1 Å². The van der Waals surface area contributed by atoms with Crippen LogP contribution in [-0.2, 0) is 37.9 Å². The molecule has 2 aliphatic heterocycles. The third-order valence-corrected chi connectivity index (χ3v) is 21.8. The molecule has 0 fully saturated rings. The van der Waals surface area contributed by atoms with E-state index in [2.05, 4.69) is 366 Å². The average Bonchev–Trinajstić information content (AvgIpc) is 0.869. The summed E-state index contributed by atoms with van der Waals surface area (Å²) in [7, 11) is 0. The van der Waals surface area contributed by atoms with Gasteiger partial charge in [0.2, 0.25) is 0 Å². The Morgan fingerprint density at radius 2 is 0.673 bits per heavy atom. The molecule has 13 aromatic rings. The van der Waals surface area contributed by atoms with Gasteiger partial charge in [0.15, 0.2) is 0 Å². The Balaban J connectivity index is 1.17. The van der Waals surface area contributed by atoms with Gasteiger partial charge in [0.25, 0.3) is 6.71 Å². The van der Waals surface area contributed by atoms with Crippen LogP contribution >= 0.6 is 0 Å². The van der Waals surface area contributed by atoms with E-state index in [1.54, 1.807) is 0 Å². The monoisotopic (exact) mass is 1360 g/mol. The van der Waals surface area contributed by atoms with Crippen LogP contribution in [0, 0.1) is 0 Å². The SMILES string of the molecule is [2H]c1c([2H])c([2H])c(-c2ccc3c(c2)N(c2c(-c4ccccc4)cc(C(C)(C)C)cc2-c2cc(C(C)(C)C)nc(C(C)(C)C)c2)c2cc(C(C)(C)C)cc4c2B3c2ccc(-n3c5ccc(C(C)(C)C)cc5c5cc(C(C)(C)C)ccc53)cc2N4c2c(-c3ccccc3)cc(C(C)(C)C)cc2-c2ccccc2)c([2H])c1[2H]. The molecule has 0 saturated carbocycles. The molecule has 104 heavy (non-hydrogen) atoms. The molecule has 522 valence electrons. The lowest BCUT2D eigenvalue weighted by atomic mass is 9.33. The van der Waals surface area contributed by atoms with E-state index in [4.69, 9.17) is 6.35 Å². The maximum Gasteiger partial charge on any atom is 0.252 e. The molecular weight excluding hydrogens is 1260 g/mol. The van der Waals surface area contributed by atoms with Gasteiger partial charge in [-0.3, -0.25) is 4.98 Å². The van der Waals surface area contributed by atoms with Gasteiger partial charge in [-0.2, -0.15) is 0 Å². The Kier molecular flexibility index (Phi) is 15.2. The minimum atomic E-state index is -0.452. The molecule has 0 atom stereocenters. The predicted molar refractivity (Wildman–Crippen MR) is 451 cm³/mol. The highest BCUT2D eigenvalue weighted by molar-refractivity contribution is 7.00. The van der Waals surface area contributed by atoms with E-state index in [9.17, 15) is 5.48 Å². The van der Waals surface area contributed by atoms with Gasteiger partial charge in [-0.25, -0.2) is 0 Å². The van der Waals surface area contributed by atoms with Crippen molar-refractivity contribution in [2.24, 2.45) is 0 Å². The van der Waals surface area contributed by atoms with Crippen LogP contribution in [0.3, 0.4) is 0 Å². The highest BCUT2D eigenvalue weighted by atomic mass is 15.2. The highest BCUT2D eigenvalue weighted by Crippen LogP contribution is 2.56. The van der Waals surface area contributed by atoms with Crippen molar-refractivity contribution in [1.82, 2.24) is 9.55 Å². The quantitative estimate of drug-likeness (QED) is 0.142. The topological polar surface area (TPSA) is 24.3 Å². The molecule has 5 heteroatoms. The number of hydrogen-bond donors (Lipinski definition) is 0.